The van der Waals surface area contributed by atoms with Crippen LogP contribution in [0.1, 0.15) is 31.4 Å². The molecule has 0 unspecified atom stereocenters. The van der Waals surface area contributed by atoms with Crippen LogP contribution in [-0.2, 0) is 0 Å². The zero-order valence-electron chi connectivity index (χ0n) is 8.16. The van der Waals surface area contributed by atoms with Gasteiger partial charge in [-0.3, -0.25) is 0 Å². The maximum absolute atomic E-state index is 5.92. The van der Waals surface area contributed by atoms with E-state index >= 15 is 0 Å². The van der Waals surface area contributed by atoms with Gasteiger partial charge in [0.1, 0.15) is 0 Å². The number of hydrogen-bond donors (Lipinski definition) is 1. The number of ether oxygens (including phenoxy) is 1. The van der Waals surface area contributed by atoms with E-state index in [-0.39, 0.29) is 6.04 Å². The summed E-state index contributed by atoms with van der Waals surface area (Å²) in [4.78, 5) is 4.10. The summed E-state index contributed by atoms with van der Waals surface area (Å²) in [5, 5.41) is 0. The predicted molar refractivity (Wildman–Crippen MR) is 52.6 cm³/mol. The van der Waals surface area contributed by atoms with Crippen LogP contribution in [0.2, 0.25) is 0 Å². The third kappa shape index (κ3) is 2.70. The average molecular weight is 180 g/mol. The molecule has 0 aromatic carbocycles. The van der Waals surface area contributed by atoms with Crippen LogP contribution in [0.5, 0.6) is 5.88 Å². The van der Waals surface area contributed by atoms with Gasteiger partial charge in [0.05, 0.1) is 7.11 Å². The lowest BCUT2D eigenvalue weighted by Crippen LogP contribution is -2.09. The van der Waals surface area contributed by atoms with Crippen molar-refractivity contribution >= 4 is 0 Å². The number of nitrogens with zero attached hydrogens (tertiary/aromatic N) is 1. The fourth-order valence-corrected chi connectivity index (χ4v) is 1.21. The van der Waals surface area contributed by atoms with Crippen molar-refractivity contribution in [2.75, 3.05) is 7.11 Å². The van der Waals surface area contributed by atoms with E-state index in [1.54, 1.807) is 13.3 Å². The molecule has 1 rings (SSSR count). The molecule has 0 saturated carbocycles. The van der Waals surface area contributed by atoms with Gasteiger partial charge in [-0.1, -0.05) is 19.4 Å². The van der Waals surface area contributed by atoms with E-state index < -0.39 is 0 Å². The molecule has 0 bridgehead atoms. The molecule has 1 aromatic heterocycles. The molecule has 0 radical (unpaired) electrons. The van der Waals surface area contributed by atoms with Gasteiger partial charge in [0.25, 0.3) is 0 Å². The monoisotopic (exact) mass is 180 g/mol. The Bertz CT molecular complexity index is 246. The van der Waals surface area contributed by atoms with Crippen molar-refractivity contribution in [3.63, 3.8) is 0 Å². The second-order valence-electron chi connectivity index (χ2n) is 3.03. The molecule has 0 saturated heterocycles. The maximum Gasteiger partial charge on any atom is 0.212 e. The van der Waals surface area contributed by atoms with Crippen molar-refractivity contribution in [1.82, 2.24) is 4.98 Å². The van der Waals surface area contributed by atoms with E-state index in [4.69, 9.17) is 10.5 Å². The number of hydrogen-bond acceptors (Lipinski definition) is 3. The number of methoxy groups -OCH3 is 1. The molecule has 0 aliphatic heterocycles. The fraction of sp³-hybridized carbons (Fsp3) is 0.500. The van der Waals surface area contributed by atoms with Gasteiger partial charge < -0.3 is 10.5 Å². The number of aromatic nitrogens is 1. The van der Waals surface area contributed by atoms with Crippen LogP contribution in [-0.4, -0.2) is 12.1 Å². The molecule has 72 valence electrons. The second kappa shape index (κ2) is 4.82. The number of rotatable bonds is 4. The van der Waals surface area contributed by atoms with Gasteiger partial charge in [-0.2, -0.15) is 0 Å². The molecule has 0 aliphatic carbocycles. The molecule has 0 aliphatic rings. The predicted octanol–water partition coefficient (Wildman–Crippen LogP) is 1.89. The van der Waals surface area contributed by atoms with Crippen molar-refractivity contribution in [2.45, 2.75) is 25.8 Å². The summed E-state index contributed by atoms with van der Waals surface area (Å²) in [7, 11) is 1.61. The number of pyridine rings is 1. The maximum atomic E-state index is 5.92. The lowest BCUT2D eigenvalue weighted by atomic mass is 10.1. The van der Waals surface area contributed by atoms with Crippen molar-refractivity contribution in [2.24, 2.45) is 5.73 Å². The highest BCUT2D eigenvalue weighted by Gasteiger charge is 2.04. The molecule has 3 heteroatoms. The van der Waals surface area contributed by atoms with E-state index in [1.807, 2.05) is 12.1 Å². The van der Waals surface area contributed by atoms with E-state index in [1.165, 1.54) is 0 Å². The molecule has 3 nitrogen and oxygen atoms in total. The summed E-state index contributed by atoms with van der Waals surface area (Å²) >= 11 is 0. The van der Waals surface area contributed by atoms with Crippen LogP contribution >= 0.6 is 0 Å². The summed E-state index contributed by atoms with van der Waals surface area (Å²) in [6, 6.07) is 3.90. The minimum atomic E-state index is 0.100. The molecule has 0 amide bonds. The van der Waals surface area contributed by atoms with Crippen LogP contribution in [0.4, 0.5) is 0 Å². The number of nitrogens with two attached hydrogens (primary N) is 1. The van der Waals surface area contributed by atoms with Gasteiger partial charge in [0, 0.05) is 18.3 Å². The largest absolute Gasteiger partial charge is 0.481 e. The minimum Gasteiger partial charge on any atom is -0.481 e. The van der Waals surface area contributed by atoms with Gasteiger partial charge in [0.2, 0.25) is 5.88 Å². The molecule has 1 heterocycles. The van der Waals surface area contributed by atoms with E-state index in [0.717, 1.165) is 18.4 Å². The molecule has 0 spiro atoms. The highest BCUT2D eigenvalue weighted by atomic mass is 16.5. The Labute approximate surface area is 78.9 Å². The Balaban J connectivity index is 2.67. The van der Waals surface area contributed by atoms with Crippen LogP contribution < -0.4 is 10.5 Å². The quantitative estimate of drug-likeness (QED) is 0.769. The zero-order valence-corrected chi connectivity index (χ0v) is 8.16. The van der Waals surface area contributed by atoms with Crippen LogP contribution in [0.3, 0.4) is 0 Å². The third-order valence-electron chi connectivity index (χ3n) is 2.00. The normalized spacial score (nSPS) is 12.5. The van der Waals surface area contributed by atoms with Gasteiger partial charge in [-0.15, -0.1) is 0 Å². The zero-order chi connectivity index (χ0) is 9.68. The topological polar surface area (TPSA) is 48.1 Å². The standard InChI is InChI=1S/C10H16N2O/c1-3-4-9(11)8-5-6-10(13-2)12-7-8/h5-7,9H,3-4,11H2,1-2H3/t9-/m0/s1. The molecule has 1 aromatic rings. The van der Waals surface area contributed by atoms with Crippen LogP contribution in [0.25, 0.3) is 0 Å². The Morgan fingerprint density at radius 1 is 1.54 bits per heavy atom. The molecule has 0 fully saturated rings. The molecular weight excluding hydrogens is 164 g/mol. The van der Waals surface area contributed by atoms with E-state index in [2.05, 4.69) is 11.9 Å². The molecule has 13 heavy (non-hydrogen) atoms. The first-order valence-electron chi connectivity index (χ1n) is 4.53. The molecular formula is C10H16N2O. The highest BCUT2D eigenvalue weighted by molar-refractivity contribution is 5.20. The second-order valence-corrected chi connectivity index (χ2v) is 3.03. The SMILES string of the molecule is CCC[C@H](N)c1ccc(OC)nc1. The Kier molecular flexibility index (Phi) is 3.71. The van der Waals surface area contributed by atoms with Crippen LogP contribution in [0, 0.1) is 0 Å². The van der Waals surface area contributed by atoms with Crippen molar-refractivity contribution in [1.29, 1.82) is 0 Å². The van der Waals surface area contributed by atoms with Gasteiger partial charge >= 0.3 is 0 Å². The molecule has 2 N–H and O–H groups in total. The summed E-state index contributed by atoms with van der Waals surface area (Å²) in [6.07, 6.45) is 3.86. The van der Waals surface area contributed by atoms with Crippen LogP contribution in [0.15, 0.2) is 18.3 Å². The third-order valence-corrected chi connectivity index (χ3v) is 2.00. The Hall–Kier alpha value is -1.09. The first-order chi connectivity index (χ1) is 6.27. The lowest BCUT2D eigenvalue weighted by molar-refractivity contribution is 0.397. The van der Waals surface area contributed by atoms with Gasteiger partial charge in [-0.25, -0.2) is 4.98 Å². The first-order valence-corrected chi connectivity index (χ1v) is 4.53. The summed E-state index contributed by atoms with van der Waals surface area (Å²) in [5.74, 6) is 0.632. The summed E-state index contributed by atoms with van der Waals surface area (Å²) in [5.41, 5.74) is 6.99. The summed E-state index contributed by atoms with van der Waals surface area (Å²) < 4.78 is 4.96. The fourth-order valence-electron chi connectivity index (χ4n) is 1.21. The van der Waals surface area contributed by atoms with E-state index in [0.29, 0.717) is 5.88 Å². The minimum absolute atomic E-state index is 0.100. The smallest absolute Gasteiger partial charge is 0.212 e. The van der Waals surface area contributed by atoms with Crippen molar-refractivity contribution < 1.29 is 4.74 Å². The summed E-state index contributed by atoms with van der Waals surface area (Å²) in [6.45, 7) is 2.12. The van der Waals surface area contributed by atoms with Gasteiger partial charge in [-0.05, 0) is 12.0 Å². The van der Waals surface area contributed by atoms with E-state index in [9.17, 15) is 0 Å². The highest BCUT2D eigenvalue weighted by Crippen LogP contribution is 2.16. The Morgan fingerprint density at radius 2 is 2.31 bits per heavy atom. The first kappa shape index (κ1) is 9.99. The Morgan fingerprint density at radius 3 is 2.77 bits per heavy atom. The average Bonchev–Trinajstić information content (AvgIpc) is 2.18. The molecule has 1 atom stereocenters. The van der Waals surface area contributed by atoms with Crippen molar-refractivity contribution in [3.8, 4) is 5.88 Å². The van der Waals surface area contributed by atoms with Crippen molar-refractivity contribution in [3.05, 3.63) is 23.9 Å². The van der Waals surface area contributed by atoms with Gasteiger partial charge in [0.15, 0.2) is 0 Å². The lowest BCUT2D eigenvalue weighted by Gasteiger charge is -2.09.